The van der Waals surface area contributed by atoms with E-state index in [1.54, 1.807) is 18.2 Å². The van der Waals surface area contributed by atoms with Gasteiger partial charge in [-0.2, -0.15) is 0 Å². The Morgan fingerprint density at radius 2 is 1.76 bits per heavy atom. The van der Waals surface area contributed by atoms with Crippen molar-refractivity contribution in [3.8, 4) is 0 Å². The van der Waals surface area contributed by atoms with Gasteiger partial charge < -0.3 is 15.0 Å². The van der Waals surface area contributed by atoms with Gasteiger partial charge in [0, 0.05) is 43.9 Å². The van der Waals surface area contributed by atoms with Crippen molar-refractivity contribution in [3.05, 3.63) is 69.8 Å². The van der Waals surface area contributed by atoms with E-state index < -0.39 is 0 Å². The molecular weight excluding hydrogens is 416 g/mol. The third kappa shape index (κ3) is 4.78. The molecule has 3 aromatic rings. The first-order chi connectivity index (χ1) is 16.2. The molecule has 2 aliphatic heterocycles. The molecule has 2 aliphatic rings. The monoisotopic (exact) mass is 446 g/mol. The molecule has 0 aliphatic carbocycles. The van der Waals surface area contributed by atoms with E-state index in [2.05, 4.69) is 22.3 Å². The van der Waals surface area contributed by atoms with Gasteiger partial charge in [-0.25, -0.2) is 4.98 Å². The molecule has 1 N–H and O–H groups in total. The molecule has 1 saturated heterocycles. The number of morpholine rings is 1. The van der Waals surface area contributed by atoms with E-state index >= 15 is 0 Å². The summed E-state index contributed by atoms with van der Waals surface area (Å²) in [5.74, 6) is 0.674. The van der Waals surface area contributed by atoms with Crippen LogP contribution >= 0.6 is 0 Å². The number of amides is 1. The molecular formula is C26H30N4O3. The molecule has 0 unspecified atom stereocenters. The van der Waals surface area contributed by atoms with Gasteiger partial charge in [-0.3, -0.25) is 14.2 Å². The van der Waals surface area contributed by atoms with Crippen LogP contribution in [0.3, 0.4) is 0 Å². The molecule has 0 radical (unpaired) electrons. The molecule has 0 spiro atoms. The zero-order chi connectivity index (χ0) is 22.6. The summed E-state index contributed by atoms with van der Waals surface area (Å²) in [5.41, 5.74) is 3.35. The van der Waals surface area contributed by atoms with Crippen molar-refractivity contribution in [3.63, 3.8) is 0 Å². The first kappa shape index (κ1) is 21.6. The lowest BCUT2D eigenvalue weighted by Gasteiger charge is -2.28. The summed E-state index contributed by atoms with van der Waals surface area (Å²) in [6.45, 7) is 4.49. The second-order valence-electron chi connectivity index (χ2n) is 8.83. The van der Waals surface area contributed by atoms with Crippen molar-refractivity contribution in [2.45, 2.75) is 45.2 Å². The van der Waals surface area contributed by atoms with Gasteiger partial charge in [-0.15, -0.1) is 0 Å². The van der Waals surface area contributed by atoms with E-state index in [0.717, 1.165) is 69.9 Å². The number of fused-ring (bicyclic) bond motifs is 2. The fraction of sp³-hybridized carbons (Fsp3) is 0.423. The molecule has 7 nitrogen and oxygen atoms in total. The largest absolute Gasteiger partial charge is 0.378 e. The lowest BCUT2D eigenvalue weighted by molar-refractivity contribution is 0.0951. The molecule has 3 heterocycles. The highest BCUT2D eigenvalue weighted by molar-refractivity contribution is 5.97. The van der Waals surface area contributed by atoms with Crippen LogP contribution in [0.2, 0.25) is 0 Å². The summed E-state index contributed by atoms with van der Waals surface area (Å²) >= 11 is 0. The molecule has 0 bridgehead atoms. The molecule has 1 fully saturated rings. The minimum absolute atomic E-state index is 0.00390. The minimum Gasteiger partial charge on any atom is -0.378 e. The first-order valence-corrected chi connectivity index (χ1v) is 11.9. The minimum atomic E-state index is -0.164. The Bertz CT molecular complexity index is 1200. The van der Waals surface area contributed by atoms with Crippen LogP contribution in [0.1, 0.15) is 47.4 Å². The lowest BCUT2D eigenvalue weighted by Crippen LogP contribution is -2.36. The Kier molecular flexibility index (Phi) is 6.39. The third-order valence-corrected chi connectivity index (χ3v) is 6.59. The van der Waals surface area contributed by atoms with Crippen molar-refractivity contribution < 1.29 is 9.53 Å². The number of ether oxygens (including phenoxy) is 1. The van der Waals surface area contributed by atoms with Gasteiger partial charge >= 0.3 is 0 Å². The van der Waals surface area contributed by atoms with Crippen LogP contribution < -0.4 is 15.8 Å². The lowest BCUT2D eigenvalue weighted by atomic mass is 10.1. The number of nitrogens with zero attached hydrogens (tertiary/aromatic N) is 3. The fourth-order valence-corrected chi connectivity index (χ4v) is 4.67. The van der Waals surface area contributed by atoms with Crippen LogP contribution in [-0.2, 0) is 24.2 Å². The van der Waals surface area contributed by atoms with Crippen LogP contribution in [0.15, 0.2) is 47.3 Å². The number of aromatic nitrogens is 2. The van der Waals surface area contributed by atoms with Gasteiger partial charge in [0.15, 0.2) is 0 Å². The van der Waals surface area contributed by atoms with E-state index in [1.165, 1.54) is 12.1 Å². The Labute approximate surface area is 193 Å². The summed E-state index contributed by atoms with van der Waals surface area (Å²) in [6, 6.07) is 13.5. The Hall–Kier alpha value is -3.19. The first-order valence-electron chi connectivity index (χ1n) is 11.9. The van der Waals surface area contributed by atoms with Crippen molar-refractivity contribution in [2.24, 2.45) is 0 Å². The van der Waals surface area contributed by atoms with E-state index in [9.17, 15) is 9.59 Å². The third-order valence-electron chi connectivity index (χ3n) is 6.59. The molecule has 1 aromatic heterocycles. The zero-order valence-electron chi connectivity index (χ0n) is 18.9. The average molecular weight is 447 g/mol. The summed E-state index contributed by atoms with van der Waals surface area (Å²) in [6.07, 6.45) is 5.18. The maximum Gasteiger partial charge on any atom is 0.261 e. The van der Waals surface area contributed by atoms with Crippen molar-refractivity contribution in [2.75, 3.05) is 31.2 Å². The van der Waals surface area contributed by atoms with E-state index in [-0.39, 0.29) is 11.5 Å². The van der Waals surface area contributed by atoms with Gasteiger partial charge in [0.1, 0.15) is 5.82 Å². The molecule has 0 saturated carbocycles. The van der Waals surface area contributed by atoms with Gasteiger partial charge in [0.2, 0.25) is 0 Å². The summed E-state index contributed by atoms with van der Waals surface area (Å²) in [4.78, 5) is 32.9. The van der Waals surface area contributed by atoms with E-state index in [4.69, 9.17) is 9.72 Å². The molecule has 0 atom stereocenters. The topological polar surface area (TPSA) is 76.5 Å². The smallest absolute Gasteiger partial charge is 0.261 e. The van der Waals surface area contributed by atoms with Gasteiger partial charge in [0.25, 0.3) is 11.5 Å². The number of anilines is 1. The highest BCUT2D eigenvalue weighted by atomic mass is 16.5. The highest BCUT2D eigenvalue weighted by Crippen LogP contribution is 2.18. The number of benzene rings is 2. The molecule has 2 aromatic carbocycles. The molecule has 1 amide bonds. The van der Waals surface area contributed by atoms with Crippen LogP contribution in [-0.4, -0.2) is 41.8 Å². The number of hydrogen-bond donors (Lipinski definition) is 1. The van der Waals surface area contributed by atoms with E-state index in [1.807, 2.05) is 16.7 Å². The molecule has 33 heavy (non-hydrogen) atoms. The quantitative estimate of drug-likeness (QED) is 0.666. The molecule has 172 valence electrons. The number of nitrogens with one attached hydrogen (secondary N) is 1. The normalized spacial score (nSPS) is 16.7. The van der Waals surface area contributed by atoms with Crippen LogP contribution in [0.4, 0.5) is 5.69 Å². The van der Waals surface area contributed by atoms with Crippen LogP contribution in [0.25, 0.3) is 10.9 Å². The van der Waals surface area contributed by atoms with Gasteiger partial charge in [0.05, 0.1) is 24.1 Å². The number of carbonyl (C=O) groups excluding carboxylic acids is 1. The number of carbonyl (C=O) groups is 1. The maximum absolute atomic E-state index is 13.0. The fourth-order valence-electron chi connectivity index (χ4n) is 4.67. The Morgan fingerprint density at radius 3 is 2.58 bits per heavy atom. The zero-order valence-corrected chi connectivity index (χ0v) is 18.9. The van der Waals surface area contributed by atoms with Crippen molar-refractivity contribution in [1.82, 2.24) is 14.9 Å². The second-order valence-corrected chi connectivity index (χ2v) is 8.83. The average Bonchev–Trinajstić information content (AvgIpc) is 2.84. The Balaban J connectivity index is 1.29. The number of aryl methyl sites for hydroxylation is 1. The van der Waals surface area contributed by atoms with Crippen molar-refractivity contribution >= 4 is 22.5 Å². The summed E-state index contributed by atoms with van der Waals surface area (Å²) in [7, 11) is 0. The van der Waals surface area contributed by atoms with Crippen LogP contribution in [0.5, 0.6) is 0 Å². The number of rotatable bonds is 4. The predicted molar refractivity (Wildman–Crippen MR) is 129 cm³/mol. The molecule has 7 heteroatoms. The summed E-state index contributed by atoms with van der Waals surface area (Å²) in [5, 5.41) is 3.57. The molecule has 5 rings (SSSR count). The van der Waals surface area contributed by atoms with Gasteiger partial charge in [-0.1, -0.05) is 25.0 Å². The Morgan fingerprint density at radius 1 is 0.970 bits per heavy atom. The predicted octanol–water partition coefficient (Wildman–Crippen LogP) is 3.28. The second kappa shape index (κ2) is 9.75. The van der Waals surface area contributed by atoms with E-state index in [0.29, 0.717) is 23.0 Å². The number of hydrogen-bond acceptors (Lipinski definition) is 5. The van der Waals surface area contributed by atoms with Crippen LogP contribution in [0, 0.1) is 0 Å². The summed E-state index contributed by atoms with van der Waals surface area (Å²) < 4.78 is 7.23. The van der Waals surface area contributed by atoms with Gasteiger partial charge in [-0.05, 0) is 48.7 Å². The SMILES string of the molecule is O=C(NCc1ccc(N2CCOCC2)cc1)c1ccc2c(=O)n3c(nc2c1)CCCCCC3. The maximum atomic E-state index is 13.0. The van der Waals surface area contributed by atoms with Crippen molar-refractivity contribution in [1.29, 1.82) is 0 Å². The highest BCUT2D eigenvalue weighted by Gasteiger charge is 2.15. The standard InChI is InChI=1S/C26H30N4O3/c31-25(27-18-19-6-9-21(10-7-19)29-13-15-33-16-14-29)20-8-11-22-23(17-20)28-24-5-3-1-2-4-12-30(24)26(22)32/h6-11,17H,1-5,12-16,18H2,(H,27,31).